The first-order chi connectivity index (χ1) is 6.29. The molecule has 1 aromatic rings. The molecule has 0 radical (unpaired) electrons. The molecule has 0 nitrogen and oxygen atoms in total. The van der Waals surface area contributed by atoms with Crippen LogP contribution in [0.2, 0.25) is 0 Å². The molecule has 0 unspecified atom stereocenters. The predicted molar refractivity (Wildman–Crippen MR) is 59.9 cm³/mol. The summed E-state index contributed by atoms with van der Waals surface area (Å²) >= 11 is 11.9. The zero-order chi connectivity index (χ0) is 9.73. The molecular weight excluding hydrogens is 203 g/mol. The fourth-order valence-electron chi connectivity index (χ4n) is 1.37. The van der Waals surface area contributed by atoms with Crippen molar-refractivity contribution in [3.8, 4) is 0 Å². The molecule has 13 heavy (non-hydrogen) atoms. The number of rotatable bonds is 4. The van der Waals surface area contributed by atoms with Crippen molar-refractivity contribution in [3.63, 3.8) is 0 Å². The lowest BCUT2D eigenvalue weighted by atomic mass is 9.82. The Balaban J connectivity index is 3.01. The van der Waals surface area contributed by atoms with Crippen molar-refractivity contribution in [1.82, 2.24) is 0 Å². The van der Waals surface area contributed by atoms with Crippen LogP contribution in [0.15, 0.2) is 30.3 Å². The molecule has 0 aliphatic rings. The summed E-state index contributed by atoms with van der Waals surface area (Å²) in [6.45, 7) is 2.12. The lowest BCUT2D eigenvalue weighted by Crippen LogP contribution is -2.29. The van der Waals surface area contributed by atoms with Gasteiger partial charge < -0.3 is 0 Å². The Kier molecular flexibility index (Phi) is 4.08. The summed E-state index contributed by atoms with van der Waals surface area (Å²) in [6.07, 6.45) is 0.976. The third kappa shape index (κ3) is 2.18. The fraction of sp³-hybridized carbons (Fsp3) is 0.455. The summed E-state index contributed by atoms with van der Waals surface area (Å²) in [5, 5.41) is 0. The Morgan fingerprint density at radius 1 is 1.08 bits per heavy atom. The monoisotopic (exact) mass is 216 g/mol. The highest BCUT2D eigenvalue weighted by molar-refractivity contribution is 6.22. The highest BCUT2D eigenvalue weighted by Gasteiger charge is 2.27. The van der Waals surface area contributed by atoms with E-state index in [1.807, 2.05) is 18.2 Å². The van der Waals surface area contributed by atoms with Gasteiger partial charge in [-0.05, 0) is 12.0 Å². The highest BCUT2D eigenvalue weighted by Crippen LogP contribution is 2.30. The van der Waals surface area contributed by atoms with Gasteiger partial charge in [0.25, 0.3) is 0 Å². The summed E-state index contributed by atoms with van der Waals surface area (Å²) in [4.78, 5) is 0. The molecule has 0 N–H and O–H groups in total. The summed E-state index contributed by atoms with van der Waals surface area (Å²) in [5.41, 5.74) is 1.19. The third-order valence-electron chi connectivity index (χ3n) is 2.57. The second-order valence-electron chi connectivity index (χ2n) is 3.27. The van der Waals surface area contributed by atoms with Crippen LogP contribution in [0.5, 0.6) is 0 Å². The Labute approximate surface area is 89.9 Å². The van der Waals surface area contributed by atoms with Gasteiger partial charge in [-0.2, -0.15) is 0 Å². The smallest absolute Gasteiger partial charge is 0.0331 e. The number of hydrogen-bond donors (Lipinski definition) is 0. The maximum Gasteiger partial charge on any atom is 0.0331 e. The van der Waals surface area contributed by atoms with Crippen LogP contribution >= 0.6 is 23.2 Å². The normalized spacial score (nSPS) is 11.6. The van der Waals surface area contributed by atoms with Crippen molar-refractivity contribution < 1.29 is 0 Å². The number of benzene rings is 1. The van der Waals surface area contributed by atoms with E-state index in [1.165, 1.54) is 5.56 Å². The zero-order valence-corrected chi connectivity index (χ0v) is 9.28. The van der Waals surface area contributed by atoms with E-state index in [0.29, 0.717) is 11.8 Å². The molecule has 72 valence electrons. The van der Waals surface area contributed by atoms with E-state index in [-0.39, 0.29) is 5.41 Å². The van der Waals surface area contributed by atoms with Gasteiger partial charge in [-0.25, -0.2) is 0 Å². The van der Waals surface area contributed by atoms with Crippen molar-refractivity contribution in [1.29, 1.82) is 0 Å². The Morgan fingerprint density at radius 2 is 1.62 bits per heavy atom. The van der Waals surface area contributed by atoms with Crippen LogP contribution in [-0.2, 0) is 5.41 Å². The largest absolute Gasteiger partial charge is 0.126 e. The first-order valence-electron chi connectivity index (χ1n) is 4.46. The van der Waals surface area contributed by atoms with E-state index in [0.717, 1.165) is 6.42 Å². The summed E-state index contributed by atoms with van der Waals surface area (Å²) in [5.74, 6) is 1.16. The molecule has 0 atom stereocenters. The van der Waals surface area contributed by atoms with Crippen LogP contribution in [0.25, 0.3) is 0 Å². The molecule has 2 heteroatoms. The molecule has 1 rings (SSSR count). The first kappa shape index (κ1) is 10.9. The Bertz CT molecular complexity index is 231. The molecular formula is C11H14Cl2. The van der Waals surface area contributed by atoms with Gasteiger partial charge >= 0.3 is 0 Å². The second-order valence-corrected chi connectivity index (χ2v) is 3.80. The van der Waals surface area contributed by atoms with Crippen molar-refractivity contribution in [2.45, 2.75) is 18.8 Å². The summed E-state index contributed by atoms with van der Waals surface area (Å²) in [7, 11) is 0. The molecule has 0 aliphatic heterocycles. The number of alkyl halides is 2. The SMILES string of the molecule is CCC(CCl)(CCl)c1ccccc1. The van der Waals surface area contributed by atoms with E-state index in [4.69, 9.17) is 23.2 Å². The standard InChI is InChI=1S/C11H14Cl2/c1-2-11(8-12,9-13)10-6-4-3-5-7-10/h3-7H,2,8-9H2,1H3. The second kappa shape index (κ2) is 4.88. The van der Waals surface area contributed by atoms with E-state index in [1.54, 1.807) is 0 Å². The van der Waals surface area contributed by atoms with Crippen LogP contribution in [0.3, 0.4) is 0 Å². The van der Waals surface area contributed by atoms with Crippen LogP contribution < -0.4 is 0 Å². The third-order valence-corrected chi connectivity index (χ3v) is 3.60. The minimum absolute atomic E-state index is 0.0512. The van der Waals surface area contributed by atoms with E-state index >= 15 is 0 Å². The van der Waals surface area contributed by atoms with E-state index in [9.17, 15) is 0 Å². The van der Waals surface area contributed by atoms with Crippen LogP contribution in [0.4, 0.5) is 0 Å². The van der Waals surface area contributed by atoms with Gasteiger partial charge in [0.2, 0.25) is 0 Å². The van der Waals surface area contributed by atoms with Crippen molar-refractivity contribution >= 4 is 23.2 Å². The fourth-order valence-corrected chi connectivity index (χ4v) is 2.35. The molecule has 0 aliphatic carbocycles. The Morgan fingerprint density at radius 3 is 2.00 bits per heavy atom. The zero-order valence-electron chi connectivity index (χ0n) is 7.76. The molecule has 0 aromatic heterocycles. The molecule has 0 saturated carbocycles. The minimum Gasteiger partial charge on any atom is -0.126 e. The molecule has 0 heterocycles. The van der Waals surface area contributed by atoms with Crippen molar-refractivity contribution in [2.24, 2.45) is 0 Å². The van der Waals surface area contributed by atoms with Gasteiger partial charge in [0.15, 0.2) is 0 Å². The molecule has 1 aromatic carbocycles. The topological polar surface area (TPSA) is 0 Å². The van der Waals surface area contributed by atoms with Gasteiger partial charge in [0.1, 0.15) is 0 Å². The molecule has 0 fully saturated rings. The summed E-state index contributed by atoms with van der Waals surface area (Å²) in [6, 6.07) is 10.2. The van der Waals surface area contributed by atoms with Gasteiger partial charge in [-0.3, -0.25) is 0 Å². The van der Waals surface area contributed by atoms with Gasteiger partial charge in [-0.15, -0.1) is 23.2 Å². The molecule has 0 spiro atoms. The average molecular weight is 217 g/mol. The maximum absolute atomic E-state index is 5.97. The van der Waals surface area contributed by atoms with Gasteiger partial charge in [0.05, 0.1) is 0 Å². The van der Waals surface area contributed by atoms with E-state index in [2.05, 4.69) is 19.1 Å². The first-order valence-corrected chi connectivity index (χ1v) is 5.53. The molecule has 0 amide bonds. The number of hydrogen-bond acceptors (Lipinski definition) is 0. The van der Waals surface area contributed by atoms with Crippen molar-refractivity contribution in [3.05, 3.63) is 35.9 Å². The highest BCUT2D eigenvalue weighted by atomic mass is 35.5. The number of halogens is 2. The molecule has 0 bridgehead atoms. The van der Waals surface area contributed by atoms with E-state index < -0.39 is 0 Å². The van der Waals surface area contributed by atoms with Gasteiger partial charge in [0, 0.05) is 17.2 Å². The van der Waals surface area contributed by atoms with Crippen LogP contribution in [0.1, 0.15) is 18.9 Å². The maximum atomic E-state index is 5.97. The summed E-state index contributed by atoms with van der Waals surface area (Å²) < 4.78 is 0. The minimum atomic E-state index is -0.0512. The Hall–Kier alpha value is -0.200. The predicted octanol–water partition coefficient (Wildman–Crippen LogP) is 3.81. The van der Waals surface area contributed by atoms with Gasteiger partial charge in [-0.1, -0.05) is 37.3 Å². The average Bonchev–Trinajstić information content (AvgIpc) is 2.23. The van der Waals surface area contributed by atoms with Crippen molar-refractivity contribution in [2.75, 3.05) is 11.8 Å². The lowest BCUT2D eigenvalue weighted by molar-refractivity contribution is 0.520. The molecule has 0 saturated heterocycles. The quantitative estimate of drug-likeness (QED) is 0.672. The van der Waals surface area contributed by atoms with Crippen LogP contribution in [-0.4, -0.2) is 11.8 Å². The lowest BCUT2D eigenvalue weighted by Gasteiger charge is -2.28. The van der Waals surface area contributed by atoms with Crippen LogP contribution in [0, 0.1) is 0 Å².